The van der Waals surface area contributed by atoms with Gasteiger partial charge in [-0.3, -0.25) is 14.5 Å². The monoisotopic (exact) mass is 495 g/mol. The lowest BCUT2D eigenvalue weighted by molar-refractivity contribution is 0.199. The minimum absolute atomic E-state index is 0.0825. The van der Waals surface area contributed by atoms with Gasteiger partial charge in [-0.25, -0.2) is 18.2 Å². The first-order chi connectivity index (χ1) is 16.8. The number of nitrogens with zero attached hydrogens (tertiary/aromatic N) is 3. The van der Waals surface area contributed by atoms with Crippen LogP contribution in [0, 0.1) is 0 Å². The van der Waals surface area contributed by atoms with E-state index >= 15 is 0 Å². The zero-order valence-electron chi connectivity index (χ0n) is 19.5. The summed E-state index contributed by atoms with van der Waals surface area (Å²) in [5.74, 6) is 1.01. The normalized spacial score (nSPS) is 14.9. The molecule has 1 aromatic heterocycles. The van der Waals surface area contributed by atoms with Crippen molar-refractivity contribution in [1.82, 2.24) is 9.88 Å². The molecule has 0 aliphatic carbocycles. The smallest absolute Gasteiger partial charge is 0.319 e. The molecule has 0 unspecified atom stereocenters. The van der Waals surface area contributed by atoms with Crippen molar-refractivity contribution in [3.8, 4) is 11.6 Å². The third-order valence-electron chi connectivity index (χ3n) is 5.78. The highest BCUT2D eigenvalue weighted by Crippen LogP contribution is 2.25. The summed E-state index contributed by atoms with van der Waals surface area (Å²) in [7, 11) is -3.32. The van der Waals surface area contributed by atoms with Gasteiger partial charge < -0.3 is 10.5 Å². The molecule has 184 valence electrons. The second-order valence-electron chi connectivity index (χ2n) is 8.56. The number of sulfonamides is 1. The molecule has 1 saturated heterocycles. The molecule has 0 spiro atoms. The number of carbonyl (C=O) groups excluding carboxylic acids is 1. The number of likely N-dealkylation sites (tertiary alicyclic amines) is 1. The molecule has 0 radical (unpaired) electrons. The molecule has 2 amide bonds. The molecule has 10 heteroatoms. The van der Waals surface area contributed by atoms with Crippen LogP contribution in [0.4, 0.5) is 16.2 Å². The molecule has 2 heterocycles. The summed E-state index contributed by atoms with van der Waals surface area (Å²) in [5, 5.41) is 0. The number of nitrogens with two attached hydrogens (primary N) is 1. The largest absolute Gasteiger partial charge is 0.439 e. The van der Waals surface area contributed by atoms with Gasteiger partial charge in [-0.2, -0.15) is 0 Å². The Balaban J connectivity index is 1.29. The van der Waals surface area contributed by atoms with Crippen molar-refractivity contribution >= 4 is 27.4 Å². The highest BCUT2D eigenvalue weighted by molar-refractivity contribution is 7.92. The summed E-state index contributed by atoms with van der Waals surface area (Å²) in [6.45, 7) is 2.47. The number of rotatable bonds is 8. The Labute approximate surface area is 205 Å². The maximum atomic E-state index is 12.1. The second-order valence-corrected chi connectivity index (χ2v) is 10.3. The van der Waals surface area contributed by atoms with E-state index in [9.17, 15) is 13.2 Å². The quantitative estimate of drug-likeness (QED) is 0.491. The van der Waals surface area contributed by atoms with Gasteiger partial charge in [-0.15, -0.1) is 0 Å². The molecule has 3 N–H and O–H groups in total. The van der Waals surface area contributed by atoms with Crippen LogP contribution in [0.25, 0.3) is 0 Å². The van der Waals surface area contributed by atoms with Crippen LogP contribution in [0.2, 0.25) is 0 Å². The number of benzene rings is 2. The van der Waals surface area contributed by atoms with Gasteiger partial charge in [-0.05, 0) is 54.8 Å². The average Bonchev–Trinajstić information content (AvgIpc) is 2.82. The van der Waals surface area contributed by atoms with Crippen LogP contribution < -0.4 is 20.1 Å². The zero-order chi connectivity index (χ0) is 24.8. The molecular formula is C25H29N5O4S. The van der Waals surface area contributed by atoms with E-state index in [0.717, 1.165) is 50.0 Å². The molecule has 0 bridgehead atoms. The lowest BCUT2D eigenvalue weighted by atomic mass is 10.0. The van der Waals surface area contributed by atoms with Crippen molar-refractivity contribution in [3.63, 3.8) is 0 Å². The Morgan fingerprint density at radius 3 is 2.34 bits per heavy atom. The van der Waals surface area contributed by atoms with E-state index in [1.165, 1.54) is 0 Å². The lowest BCUT2D eigenvalue weighted by Crippen LogP contribution is -2.49. The van der Waals surface area contributed by atoms with Crippen LogP contribution in [-0.4, -0.2) is 49.7 Å². The van der Waals surface area contributed by atoms with Gasteiger partial charge in [-0.1, -0.05) is 24.3 Å². The molecule has 2 aromatic carbocycles. The Hall–Kier alpha value is -3.63. The van der Waals surface area contributed by atoms with E-state index in [4.69, 9.17) is 10.5 Å². The summed E-state index contributed by atoms with van der Waals surface area (Å²) in [5.41, 5.74) is 8.05. The molecule has 4 rings (SSSR count). The van der Waals surface area contributed by atoms with Crippen LogP contribution in [0.1, 0.15) is 18.4 Å². The summed E-state index contributed by atoms with van der Waals surface area (Å²) in [6.07, 6.45) is 4.58. The van der Waals surface area contributed by atoms with Crippen molar-refractivity contribution in [3.05, 3.63) is 78.5 Å². The van der Waals surface area contributed by atoms with Crippen LogP contribution in [0.5, 0.6) is 11.6 Å². The molecule has 1 aliphatic heterocycles. The predicted octanol–water partition coefficient (Wildman–Crippen LogP) is 3.80. The first kappa shape index (κ1) is 24.5. The van der Waals surface area contributed by atoms with Crippen molar-refractivity contribution in [2.24, 2.45) is 5.73 Å². The molecule has 35 heavy (non-hydrogen) atoms. The minimum atomic E-state index is -3.32. The third-order valence-corrected chi connectivity index (χ3v) is 6.38. The molecule has 0 saturated carbocycles. The summed E-state index contributed by atoms with van der Waals surface area (Å²) >= 11 is 0. The van der Waals surface area contributed by atoms with E-state index in [-0.39, 0.29) is 6.04 Å². The van der Waals surface area contributed by atoms with E-state index < -0.39 is 16.1 Å². The van der Waals surface area contributed by atoms with Gasteiger partial charge in [0.05, 0.1) is 6.26 Å². The Morgan fingerprint density at radius 2 is 1.77 bits per heavy atom. The number of aromatic nitrogens is 1. The standard InChI is InChI=1S/C25H29N5O4S/c1-35(32,33)28-20-8-10-23(11-9-20)34-24-12-7-19(17-27-24)18-29-15-13-22(14-16-29)30(25(26)31)21-5-3-2-4-6-21/h2-12,17,22,28H,13-16,18H2,1H3,(H2,26,31). The number of piperidine rings is 1. The number of para-hydroxylation sites is 1. The fraction of sp³-hybridized carbons (Fsp3) is 0.280. The van der Waals surface area contributed by atoms with E-state index in [1.807, 2.05) is 42.5 Å². The Kier molecular flexibility index (Phi) is 7.52. The first-order valence-electron chi connectivity index (χ1n) is 11.3. The molecular weight excluding hydrogens is 466 g/mol. The average molecular weight is 496 g/mol. The van der Waals surface area contributed by atoms with E-state index in [1.54, 1.807) is 35.4 Å². The van der Waals surface area contributed by atoms with Crippen LogP contribution >= 0.6 is 0 Å². The summed E-state index contributed by atoms with van der Waals surface area (Å²) in [4.78, 5) is 20.5. The first-order valence-corrected chi connectivity index (χ1v) is 13.2. The Bertz CT molecular complexity index is 1230. The fourth-order valence-electron chi connectivity index (χ4n) is 4.19. The van der Waals surface area contributed by atoms with E-state index in [2.05, 4.69) is 14.6 Å². The number of primary amides is 1. The van der Waals surface area contributed by atoms with Gasteiger partial charge >= 0.3 is 6.03 Å². The number of ether oxygens (including phenoxy) is 1. The number of urea groups is 1. The molecule has 9 nitrogen and oxygen atoms in total. The van der Waals surface area contributed by atoms with E-state index in [0.29, 0.717) is 17.3 Å². The number of amides is 2. The number of hydrogen-bond donors (Lipinski definition) is 2. The number of carbonyl (C=O) groups is 1. The number of hydrogen-bond acceptors (Lipinski definition) is 6. The summed E-state index contributed by atoms with van der Waals surface area (Å²) in [6, 6.07) is 19.6. The predicted molar refractivity (Wildman–Crippen MR) is 136 cm³/mol. The zero-order valence-corrected chi connectivity index (χ0v) is 20.3. The number of nitrogens with one attached hydrogen (secondary N) is 1. The SMILES string of the molecule is CS(=O)(=O)Nc1ccc(Oc2ccc(CN3CCC(N(C(N)=O)c4ccccc4)CC3)cn2)cc1. The highest BCUT2D eigenvalue weighted by Gasteiger charge is 2.28. The maximum absolute atomic E-state index is 12.1. The number of anilines is 2. The topological polar surface area (TPSA) is 118 Å². The van der Waals surface area contributed by atoms with Gasteiger partial charge in [0, 0.05) is 49.3 Å². The summed E-state index contributed by atoms with van der Waals surface area (Å²) < 4.78 is 30.8. The molecule has 1 fully saturated rings. The van der Waals surface area contributed by atoms with Crippen molar-refractivity contribution in [2.75, 3.05) is 29.0 Å². The lowest BCUT2D eigenvalue weighted by Gasteiger charge is -2.37. The van der Waals surface area contributed by atoms with Crippen molar-refractivity contribution in [2.45, 2.75) is 25.4 Å². The molecule has 3 aromatic rings. The van der Waals surface area contributed by atoms with Gasteiger partial charge in [0.15, 0.2) is 0 Å². The van der Waals surface area contributed by atoms with Gasteiger partial charge in [0.1, 0.15) is 5.75 Å². The third kappa shape index (κ3) is 6.93. The van der Waals surface area contributed by atoms with Gasteiger partial charge in [0.25, 0.3) is 0 Å². The van der Waals surface area contributed by atoms with Crippen LogP contribution in [0.3, 0.4) is 0 Å². The maximum Gasteiger partial charge on any atom is 0.319 e. The second kappa shape index (κ2) is 10.7. The van der Waals surface area contributed by atoms with Crippen LogP contribution in [0.15, 0.2) is 72.9 Å². The minimum Gasteiger partial charge on any atom is -0.439 e. The molecule has 0 atom stereocenters. The highest BCUT2D eigenvalue weighted by atomic mass is 32.2. The Morgan fingerprint density at radius 1 is 1.09 bits per heavy atom. The van der Waals surface area contributed by atoms with Crippen molar-refractivity contribution in [1.29, 1.82) is 0 Å². The number of pyridine rings is 1. The fourth-order valence-corrected chi connectivity index (χ4v) is 4.76. The van der Waals surface area contributed by atoms with Gasteiger partial charge in [0.2, 0.25) is 15.9 Å². The molecule has 1 aliphatic rings. The van der Waals surface area contributed by atoms with Crippen molar-refractivity contribution < 1.29 is 17.9 Å². The van der Waals surface area contributed by atoms with Crippen LogP contribution in [-0.2, 0) is 16.6 Å².